The number of hydrogen-bond donors (Lipinski definition) is 0. The minimum atomic E-state index is -0.403. The van der Waals surface area contributed by atoms with E-state index in [4.69, 9.17) is 11.6 Å². The molecule has 3 unspecified atom stereocenters. The summed E-state index contributed by atoms with van der Waals surface area (Å²) in [6.07, 6.45) is 26.4. The molecule has 4 aliphatic carbocycles. The third kappa shape index (κ3) is 9.77. The number of benzene rings is 1. The summed E-state index contributed by atoms with van der Waals surface area (Å²) in [5.41, 5.74) is 7.19. The van der Waals surface area contributed by atoms with Gasteiger partial charge in [0, 0.05) is 10.5 Å². The van der Waals surface area contributed by atoms with Crippen molar-refractivity contribution in [3.05, 3.63) is 89.5 Å². The van der Waals surface area contributed by atoms with Crippen molar-refractivity contribution in [3.63, 3.8) is 0 Å². The van der Waals surface area contributed by atoms with E-state index < -0.39 is 7.92 Å². The van der Waals surface area contributed by atoms with Gasteiger partial charge in [-0.15, -0.1) is 22.5 Å². The van der Waals surface area contributed by atoms with E-state index in [1.54, 1.807) is 5.56 Å². The molecule has 0 radical (unpaired) electrons. The van der Waals surface area contributed by atoms with Crippen molar-refractivity contribution < 1.29 is 33.6 Å². The van der Waals surface area contributed by atoms with Gasteiger partial charge in [0.25, 0.3) is 0 Å². The molecule has 4 saturated carbocycles. The molecule has 0 N–H and O–H groups in total. The molecule has 0 heterocycles. The molecule has 0 amide bonds. The van der Waals surface area contributed by atoms with E-state index >= 15 is 0 Å². The minimum Gasteiger partial charge on any atom is -0.214 e. The minimum absolute atomic E-state index is 0. The van der Waals surface area contributed by atoms with Crippen LogP contribution >= 0.6 is 27.4 Å². The Morgan fingerprint density at radius 2 is 1.29 bits per heavy atom. The zero-order chi connectivity index (χ0) is 32.5. The third-order valence-corrected chi connectivity index (χ3v) is 20.6. The van der Waals surface area contributed by atoms with E-state index in [1.807, 2.05) is 35.6 Å². The molecule has 6 heteroatoms. The molecule has 0 aliphatic heterocycles. The van der Waals surface area contributed by atoms with Gasteiger partial charge in [0.2, 0.25) is 0 Å². The summed E-state index contributed by atoms with van der Waals surface area (Å²) in [6.45, 7) is 2.65. The first-order valence-electron chi connectivity index (χ1n) is 19.3. The summed E-state index contributed by atoms with van der Waals surface area (Å²) in [6, 6.07) is 28.8. The Hall–Kier alpha value is -0.427. The number of nitrogens with zero attached hydrogens (tertiary/aromatic N) is 1. The molecule has 3 aromatic carbocycles. The summed E-state index contributed by atoms with van der Waals surface area (Å²) in [5.74, 6) is 0. The molecule has 0 saturated heterocycles. The Balaban J connectivity index is 0.000000710. The maximum atomic E-state index is 9.61. The van der Waals surface area contributed by atoms with Crippen molar-refractivity contribution in [2.75, 3.05) is 0 Å². The van der Waals surface area contributed by atoms with E-state index in [1.165, 1.54) is 121 Å². The zero-order valence-electron chi connectivity index (χ0n) is 29.6. The van der Waals surface area contributed by atoms with Crippen LogP contribution in [0.3, 0.4) is 0 Å². The first kappa shape index (κ1) is 41.3. The van der Waals surface area contributed by atoms with Crippen molar-refractivity contribution >= 4 is 32.7 Å². The number of rotatable bonds is 8. The standard InChI is InChI=1S/C38H53ClNP2.C5H5.Fe.Ni/c1-29(35-20-13-21-36(35)41(32-14-5-2-6-15-32)33-16-7-3-8-17-33)42(34-18-9-4-10-19-34)38(27-12-11-22-37(38)39)31-25-23-30(28-40)24-26-31;1-2-4-5-3-1;;/h13,20-21,23-26,29,32-34,37H,2-12,14-19,22,27H2,1H3;1-5H;;/q2*-1;2*+2/t29?,37?,38?,42-;;;/m0.../s1. The molecule has 0 spiro atoms. The predicted molar refractivity (Wildman–Crippen MR) is 208 cm³/mol. The van der Waals surface area contributed by atoms with Crippen LogP contribution in [0.1, 0.15) is 151 Å². The molecule has 7 rings (SSSR count). The van der Waals surface area contributed by atoms with Gasteiger partial charge >= 0.3 is 33.6 Å². The van der Waals surface area contributed by atoms with Gasteiger partial charge in [-0.25, -0.2) is 24.3 Å². The molecule has 0 aromatic heterocycles. The van der Waals surface area contributed by atoms with Gasteiger partial charge in [0.05, 0.1) is 11.6 Å². The largest absolute Gasteiger partial charge is 2.00 e. The van der Waals surface area contributed by atoms with Crippen LogP contribution in [0.25, 0.3) is 0 Å². The van der Waals surface area contributed by atoms with E-state index in [-0.39, 0.29) is 52.0 Å². The molecule has 4 aliphatic rings. The molecular formula is C43H58ClFeNNiP2+2. The van der Waals surface area contributed by atoms with E-state index in [0.29, 0.717) is 5.66 Å². The average Bonchev–Trinajstić information content (AvgIpc) is 3.88. The smallest absolute Gasteiger partial charge is 0.214 e. The fourth-order valence-corrected chi connectivity index (χ4v) is 19.6. The van der Waals surface area contributed by atoms with Crippen LogP contribution in [0, 0.1) is 11.3 Å². The quantitative estimate of drug-likeness (QED) is 0.0963. The van der Waals surface area contributed by atoms with Crippen molar-refractivity contribution in [2.24, 2.45) is 0 Å². The number of alkyl halides is 1. The van der Waals surface area contributed by atoms with E-state index in [2.05, 4.69) is 55.5 Å². The normalized spacial score (nSPS) is 25.1. The molecule has 268 valence electrons. The van der Waals surface area contributed by atoms with Crippen molar-refractivity contribution in [2.45, 2.75) is 162 Å². The number of halogens is 1. The Labute approximate surface area is 327 Å². The van der Waals surface area contributed by atoms with Gasteiger partial charge in [-0.2, -0.15) is 29.5 Å². The molecule has 4 fully saturated rings. The molecular weight excluding hydrogens is 742 g/mol. The number of hydrogen-bond acceptors (Lipinski definition) is 1. The van der Waals surface area contributed by atoms with Crippen LogP contribution in [0.2, 0.25) is 0 Å². The van der Waals surface area contributed by atoms with Crippen molar-refractivity contribution in [1.29, 1.82) is 5.26 Å². The van der Waals surface area contributed by atoms with Crippen LogP contribution in [-0.4, -0.2) is 22.4 Å². The Morgan fingerprint density at radius 3 is 1.78 bits per heavy atom. The Morgan fingerprint density at radius 1 is 0.755 bits per heavy atom. The Bertz CT molecular complexity index is 1330. The topological polar surface area (TPSA) is 23.8 Å². The van der Waals surface area contributed by atoms with Crippen LogP contribution in [-0.2, 0) is 38.7 Å². The summed E-state index contributed by atoms with van der Waals surface area (Å²) in [5, 5.41) is 11.7. The monoisotopic (exact) mass is 799 g/mol. The van der Waals surface area contributed by atoms with E-state index in [9.17, 15) is 5.26 Å². The summed E-state index contributed by atoms with van der Waals surface area (Å²) in [4.78, 5) is 0. The van der Waals surface area contributed by atoms with Gasteiger partial charge in [0.1, 0.15) is 0 Å². The third-order valence-electron chi connectivity index (χ3n) is 12.2. The summed E-state index contributed by atoms with van der Waals surface area (Å²) < 4.78 is 0. The molecule has 3 aromatic rings. The number of nitriles is 1. The molecule has 49 heavy (non-hydrogen) atoms. The van der Waals surface area contributed by atoms with Crippen LogP contribution < -0.4 is 5.30 Å². The van der Waals surface area contributed by atoms with Crippen LogP contribution in [0.4, 0.5) is 0 Å². The van der Waals surface area contributed by atoms with Crippen molar-refractivity contribution in [1.82, 2.24) is 0 Å². The Kier molecular flexibility index (Phi) is 17.5. The van der Waals surface area contributed by atoms with Crippen molar-refractivity contribution in [3.8, 4) is 6.07 Å². The molecule has 4 atom stereocenters. The fraction of sp³-hybridized carbons (Fsp3) is 0.605. The second-order valence-corrected chi connectivity index (χ2v) is 21.4. The first-order chi connectivity index (χ1) is 23.1. The van der Waals surface area contributed by atoms with Gasteiger partial charge in [-0.3, -0.25) is 0 Å². The first-order valence-corrected chi connectivity index (χ1v) is 22.7. The SMILES string of the molecule is CC([c-]1cccc1P(C1CCCCC1)C1CCCCC1)[P@@](C1CCCCC1)C1(c2ccc(C#N)cc2)CCCCC1Cl.[Fe+2].[Ni+2].c1cc[cH-]c1. The van der Waals surface area contributed by atoms with Gasteiger partial charge in [0.15, 0.2) is 0 Å². The second-order valence-electron chi connectivity index (χ2n) is 15.0. The van der Waals surface area contributed by atoms with Gasteiger partial charge in [-0.1, -0.05) is 106 Å². The molecule has 1 nitrogen and oxygen atoms in total. The van der Waals surface area contributed by atoms with E-state index in [0.717, 1.165) is 29.0 Å². The van der Waals surface area contributed by atoms with Gasteiger partial charge in [-0.05, 0) is 91.7 Å². The zero-order valence-corrected chi connectivity index (χ0v) is 34.3. The summed E-state index contributed by atoms with van der Waals surface area (Å²) >= 11 is 7.67. The predicted octanol–water partition coefficient (Wildman–Crippen LogP) is 13.4. The van der Waals surface area contributed by atoms with Gasteiger partial charge < -0.3 is 0 Å². The molecule has 0 bridgehead atoms. The fourth-order valence-electron chi connectivity index (χ4n) is 9.95. The maximum Gasteiger partial charge on any atom is 2.00 e. The van der Waals surface area contributed by atoms with Crippen LogP contribution in [0.15, 0.2) is 72.8 Å². The second kappa shape index (κ2) is 20.7. The van der Waals surface area contributed by atoms with Crippen LogP contribution in [0.5, 0.6) is 0 Å². The maximum absolute atomic E-state index is 9.61. The summed E-state index contributed by atoms with van der Waals surface area (Å²) in [7, 11) is -0.518. The average molecular weight is 801 g/mol.